The number of amides is 2. The molecule has 0 aliphatic carbocycles. The van der Waals surface area contributed by atoms with Crippen molar-refractivity contribution < 1.29 is 9.59 Å². The molecule has 1 aromatic heterocycles. The van der Waals surface area contributed by atoms with Crippen LogP contribution in [0.2, 0.25) is 0 Å². The molecule has 1 heterocycles. The van der Waals surface area contributed by atoms with Gasteiger partial charge in [-0.2, -0.15) is 0 Å². The predicted molar refractivity (Wildman–Crippen MR) is 198 cm³/mol. The van der Waals surface area contributed by atoms with Crippen LogP contribution in [0, 0.1) is 0 Å². The van der Waals surface area contributed by atoms with Crippen LogP contribution in [-0.4, -0.2) is 34.2 Å². The van der Waals surface area contributed by atoms with Crippen LogP contribution in [0.5, 0.6) is 0 Å². The zero-order valence-electron chi connectivity index (χ0n) is 26.2. The van der Waals surface area contributed by atoms with E-state index in [1.54, 1.807) is 36.7 Å². The zero-order chi connectivity index (χ0) is 33.4. The summed E-state index contributed by atoms with van der Waals surface area (Å²) in [5.41, 5.74) is 8.31. The molecule has 0 saturated carbocycles. The highest BCUT2D eigenvalue weighted by Gasteiger charge is 2.11. The lowest BCUT2D eigenvalue weighted by atomic mass is 10.1. The van der Waals surface area contributed by atoms with Crippen molar-refractivity contribution in [1.82, 2.24) is 9.97 Å². The van der Waals surface area contributed by atoms with Gasteiger partial charge < -0.3 is 15.6 Å². The predicted octanol–water partition coefficient (Wildman–Crippen LogP) is 9.24. The Kier molecular flexibility index (Phi) is 8.92. The summed E-state index contributed by atoms with van der Waals surface area (Å²) in [7, 11) is 0. The van der Waals surface area contributed by atoms with E-state index in [4.69, 9.17) is 4.98 Å². The van der Waals surface area contributed by atoms with Gasteiger partial charge >= 0.3 is 0 Å². The standard InChI is InChI=1S/C41H30N6O2/c48-40(31-13-17-33(18-14-31)42-26-28-7-3-1-4-8-28)44-35-21-11-30(12-22-35)39-46-37-24-23-36(25-38(37)47-39)45-41(49)32-15-19-34(20-16-32)43-27-29-9-5-2-6-10-29/h1-27H,(H,44,48)(H,45,49)(H,46,47). The average Bonchev–Trinajstić information content (AvgIpc) is 3.58. The van der Waals surface area contributed by atoms with Crippen molar-refractivity contribution in [2.75, 3.05) is 10.6 Å². The van der Waals surface area contributed by atoms with Gasteiger partial charge in [-0.25, -0.2) is 4.98 Å². The SMILES string of the molecule is O=C(Nc1ccc(-c2nc3cc(NC(=O)c4ccc(N=Cc5ccccc5)cc4)ccc3[nH]2)cc1)c1ccc(N=Cc2ccccc2)cc1. The number of H-pyrrole nitrogens is 1. The number of imidazole rings is 1. The number of aromatic amines is 1. The number of carbonyl (C=O) groups excluding carboxylic acids is 2. The third kappa shape index (κ3) is 7.73. The molecule has 3 N–H and O–H groups in total. The Labute approximate surface area is 283 Å². The number of anilines is 2. The molecule has 8 nitrogen and oxygen atoms in total. The maximum Gasteiger partial charge on any atom is 0.255 e. The number of aromatic nitrogens is 2. The highest BCUT2D eigenvalue weighted by Crippen LogP contribution is 2.25. The van der Waals surface area contributed by atoms with Gasteiger partial charge in [-0.1, -0.05) is 60.7 Å². The van der Waals surface area contributed by atoms with E-state index in [1.165, 1.54) is 0 Å². The number of nitrogens with one attached hydrogen (secondary N) is 3. The maximum absolute atomic E-state index is 12.9. The Hall–Kier alpha value is -6.93. The van der Waals surface area contributed by atoms with Gasteiger partial charge in [0.25, 0.3) is 11.8 Å². The molecular formula is C41H30N6O2. The summed E-state index contributed by atoms with van der Waals surface area (Å²) in [6.07, 6.45) is 3.58. The van der Waals surface area contributed by atoms with Crippen LogP contribution in [0.1, 0.15) is 31.8 Å². The Morgan fingerprint density at radius 3 is 1.57 bits per heavy atom. The van der Waals surface area contributed by atoms with Gasteiger partial charge in [0.05, 0.1) is 22.4 Å². The Morgan fingerprint density at radius 2 is 1.04 bits per heavy atom. The van der Waals surface area contributed by atoms with E-state index >= 15 is 0 Å². The van der Waals surface area contributed by atoms with Crippen LogP contribution < -0.4 is 10.6 Å². The molecule has 6 aromatic carbocycles. The molecule has 8 heteroatoms. The van der Waals surface area contributed by atoms with E-state index in [0.29, 0.717) is 33.8 Å². The summed E-state index contributed by atoms with van der Waals surface area (Å²) in [6, 6.07) is 47.0. The van der Waals surface area contributed by atoms with E-state index in [9.17, 15) is 9.59 Å². The van der Waals surface area contributed by atoms with Gasteiger partial charge in [0, 0.05) is 40.5 Å². The van der Waals surface area contributed by atoms with Crippen LogP contribution in [0.4, 0.5) is 22.7 Å². The van der Waals surface area contributed by atoms with Crippen molar-refractivity contribution in [2.24, 2.45) is 9.98 Å². The van der Waals surface area contributed by atoms with Crippen molar-refractivity contribution in [1.29, 1.82) is 0 Å². The molecule has 0 saturated heterocycles. The molecule has 7 aromatic rings. The van der Waals surface area contributed by atoms with Crippen molar-refractivity contribution >= 4 is 58.0 Å². The number of hydrogen-bond donors (Lipinski definition) is 3. The first-order chi connectivity index (χ1) is 24.1. The van der Waals surface area contributed by atoms with Gasteiger partial charge in [-0.15, -0.1) is 0 Å². The zero-order valence-corrected chi connectivity index (χ0v) is 26.2. The Morgan fingerprint density at radius 1 is 0.551 bits per heavy atom. The summed E-state index contributed by atoms with van der Waals surface area (Å²) in [5.74, 6) is 0.241. The Balaban J connectivity index is 0.959. The third-order valence-corrected chi connectivity index (χ3v) is 7.74. The molecule has 7 rings (SSSR count). The molecule has 49 heavy (non-hydrogen) atoms. The molecule has 0 spiro atoms. The second-order valence-electron chi connectivity index (χ2n) is 11.2. The van der Waals surface area contributed by atoms with E-state index in [2.05, 4.69) is 25.6 Å². The monoisotopic (exact) mass is 638 g/mol. The summed E-state index contributed by atoms with van der Waals surface area (Å²) >= 11 is 0. The number of carbonyl (C=O) groups is 2. The van der Waals surface area contributed by atoms with Crippen LogP contribution >= 0.6 is 0 Å². The normalized spacial score (nSPS) is 11.3. The molecule has 0 bridgehead atoms. The second kappa shape index (κ2) is 14.2. The van der Waals surface area contributed by atoms with Crippen LogP contribution in [0.15, 0.2) is 162 Å². The van der Waals surface area contributed by atoms with Gasteiger partial charge in [-0.05, 0) is 102 Å². The third-order valence-electron chi connectivity index (χ3n) is 7.74. The number of benzene rings is 6. The van der Waals surface area contributed by atoms with Gasteiger partial charge in [0.1, 0.15) is 5.82 Å². The van der Waals surface area contributed by atoms with Crippen molar-refractivity contribution in [3.05, 3.63) is 174 Å². The van der Waals surface area contributed by atoms with E-state index in [1.807, 2.05) is 127 Å². The Bertz CT molecular complexity index is 2280. The minimum atomic E-state index is -0.223. The summed E-state index contributed by atoms with van der Waals surface area (Å²) in [6.45, 7) is 0. The second-order valence-corrected chi connectivity index (χ2v) is 11.2. The van der Waals surface area contributed by atoms with Crippen molar-refractivity contribution in [3.63, 3.8) is 0 Å². The molecular weight excluding hydrogens is 608 g/mol. The van der Waals surface area contributed by atoms with Crippen LogP contribution in [-0.2, 0) is 0 Å². The minimum absolute atomic E-state index is 0.211. The summed E-state index contributed by atoms with van der Waals surface area (Å²) in [5, 5.41) is 5.89. The molecule has 2 amide bonds. The first-order valence-corrected chi connectivity index (χ1v) is 15.7. The van der Waals surface area contributed by atoms with Crippen LogP contribution in [0.3, 0.4) is 0 Å². The minimum Gasteiger partial charge on any atom is -0.338 e. The largest absolute Gasteiger partial charge is 0.338 e. The maximum atomic E-state index is 12.9. The topological polar surface area (TPSA) is 112 Å². The molecule has 0 unspecified atom stereocenters. The molecule has 236 valence electrons. The quantitative estimate of drug-likeness (QED) is 0.137. The fraction of sp³-hybridized carbons (Fsp3) is 0. The van der Waals surface area contributed by atoms with Crippen molar-refractivity contribution in [2.45, 2.75) is 0 Å². The summed E-state index contributed by atoms with van der Waals surface area (Å²) < 4.78 is 0. The fourth-order valence-corrected chi connectivity index (χ4v) is 5.11. The lowest BCUT2D eigenvalue weighted by molar-refractivity contribution is 0.101. The fourth-order valence-electron chi connectivity index (χ4n) is 5.11. The molecule has 0 aliphatic heterocycles. The number of aliphatic imine (C=N–C) groups is 2. The van der Waals surface area contributed by atoms with Crippen molar-refractivity contribution in [3.8, 4) is 11.4 Å². The number of fused-ring (bicyclic) bond motifs is 1. The lowest BCUT2D eigenvalue weighted by Gasteiger charge is -2.06. The van der Waals surface area contributed by atoms with Gasteiger partial charge in [0.2, 0.25) is 0 Å². The number of nitrogens with zero attached hydrogens (tertiary/aromatic N) is 3. The number of hydrogen-bond acceptors (Lipinski definition) is 5. The number of rotatable bonds is 9. The average molecular weight is 639 g/mol. The first-order valence-electron chi connectivity index (χ1n) is 15.7. The van der Waals surface area contributed by atoms with E-state index in [0.717, 1.165) is 33.6 Å². The van der Waals surface area contributed by atoms with Gasteiger partial charge in [-0.3, -0.25) is 19.6 Å². The van der Waals surface area contributed by atoms with Gasteiger partial charge in [0.15, 0.2) is 0 Å². The smallest absolute Gasteiger partial charge is 0.255 e. The van der Waals surface area contributed by atoms with Crippen LogP contribution in [0.25, 0.3) is 22.4 Å². The van der Waals surface area contributed by atoms with E-state index < -0.39 is 0 Å². The molecule has 0 radical (unpaired) electrons. The summed E-state index contributed by atoms with van der Waals surface area (Å²) in [4.78, 5) is 42.8. The highest BCUT2D eigenvalue weighted by molar-refractivity contribution is 6.05. The molecule has 0 aliphatic rings. The highest BCUT2D eigenvalue weighted by atomic mass is 16.2. The lowest BCUT2D eigenvalue weighted by Crippen LogP contribution is -2.11. The molecule has 0 atom stereocenters. The van der Waals surface area contributed by atoms with E-state index in [-0.39, 0.29) is 11.8 Å². The molecule has 0 fully saturated rings. The first kappa shape index (κ1) is 30.7.